The number of tetrazole rings is 1. The first kappa shape index (κ1) is 28.8. The minimum atomic E-state index is -4.04. The van der Waals surface area contributed by atoms with Crippen molar-refractivity contribution in [3.8, 4) is 0 Å². The second-order valence-electron chi connectivity index (χ2n) is 10.4. The fourth-order valence-electron chi connectivity index (χ4n) is 5.21. The van der Waals surface area contributed by atoms with Gasteiger partial charge < -0.3 is 21.3 Å². The normalized spacial score (nSPS) is 19.2. The largest absolute Gasteiger partial charge is 0.384 e. The molecule has 43 heavy (non-hydrogen) atoms. The number of fused-ring (bicyclic) bond motifs is 2. The zero-order chi connectivity index (χ0) is 30.3. The molecule has 1 fully saturated rings. The molecular formula is C26H29N11O4S2. The summed E-state index contributed by atoms with van der Waals surface area (Å²) < 4.78 is 28.9. The number of carbonyl (C=O) groups excluding carboxylic acids is 2. The molecule has 0 saturated carbocycles. The molecule has 4 heterocycles. The number of aromatic amines is 1. The van der Waals surface area contributed by atoms with Crippen LogP contribution in [0, 0.1) is 5.41 Å². The molecule has 2 aliphatic rings. The molecule has 2 amide bonds. The first-order valence-electron chi connectivity index (χ1n) is 13.5. The van der Waals surface area contributed by atoms with Crippen LogP contribution in [0.3, 0.4) is 0 Å². The van der Waals surface area contributed by atoms with E-state index >= 15 is 0 Å². The summed E-state index contributed by atoms with van der Waals surface area (Å²) in [6.07, 6.45) is 0.696. The van der Waals surface area contributed by atoms with E-state index in [1.54, 1.807) is 30.3 Å². The van der Waals surface area contributed by atoms with Crippen LogP contribution in [0.15, 0.2) is 41.3 Å². The summed E-state index contributed by atoms with van der Waals surface area (Å²) in [6, 6.07) is 8.88. The molecule has 2 atom stereocenters. The molecular weight excluding hydrogens is 594 g/mol. The van der Waals surface area contributed by atoms with E-state index in [0.717, 1.165) is 16.0 Å². The number of amidine groups is 1. The molecule has 2 aromatic carbocycles. The van der Waals surface area contributed by atoms with Gasteiger partial charge in [-0.3, -0.25) is 15.0 Å². The van der Waals surface area contributed by atoms with Crippen molar-refractivity contribution < 1.29 is 18.0 Å². The number of sulfonamides is 1. The number of nitrogens with zero attached hydrogens (tertiary/aromatic N) is 6. The molecule has 0 aliphatic carbocycles. The van der Waals surface area contributed by atoms with Crippen molar-refractivity contribution >= 4 is 49.8 Å². The summed E-state index contributed by atoms with van der Waals surface area (Å²) in [5.74, 6) is -0.815. The Morgan fingerprint density at radius 3 is 2.74 bits per heavy atom. The highest BCUT2D eigenvalue weighted by molar-refractivity contribution is 7.89. The van der Waals surface area contributed by atoms with Gasteiger partial charge in [0.2, 0.25) is 15.9 Å². The Morgan fingerprint density at radius 2 is 1.98 bits per heavy atom. The third-order valence-corrected chi connectivity index (χ3v) is 10.5. The predicted octanol–water partition coefficient (Wildman–Crippen LogP) is -0.0406. The molecule has 15 nitrogen and oxygen atoms in total. The Hall–Kier alpha value is -4.32. The second-order valence-corrected chi connectivity index (χ2v) is 13.5. The van der Waals surface area contributed by atoms with E-state index in [4.69, 9.17) is 11.1 Å². The summed E-state index contributed by atoms with van der Waals surface area (Å²) >= 11 is 1.29. The van der Waals surface area contributed by atoms with E-state index in [2.05, 4.69) is 36.2 Å². The summed E-state index contributed by atoms with van der Waals surface area (Å²) in [5.41, 5.74) is 6.99. The van der Waals surface area contributed by atoms with Crippen LogP contribution in [0.2, 0.25) is 0 Å². The first-order chi connectivity index (χ1) is 20.6. The van der Waals surface area contributed by atoms with Gasteiger partial charge in [0, 0.05) is 49.1 Å². The molecule has 0 radical (unpaired) electrons. The van der Waals surface area contributed by atoms with Gasteiger partial charge in [0.05, 0.1) is 17.1 Å². The fourth-order valence-corrected chi connectivity index (χ4v) is 7.68. The van der Waals surface area contributed by atoms with Gasteiger partial charge in [-0.05, 0) is 35.9 Å². The van der Waals surface area contributed by atoms with E-state index in [9.17, 15) is 18.0 Å². The van der Waals surface area contributed by atoms with Crippen molar-refractivity contribution in [2.45, 2.75) is 43.4 Å². The lowest BCUT2D eigenvalue weighted by Gasteiger charge is -2.39. The lowest BCUT2D eigenvalue weighted by atomic mass is 10.1. The molecule has 6 rings (SSSR count). The van der Waals surface area contributed by atoms with Crippen molar-refractivity contribution in [3.05, 3.63) is 63.4 Å². The monoisotopic (exact) mass is 623 g/mol. The van der Waals surface area contributed by atoms with Gasteiger partial charge in [-0.15, -0.1) is 21.5 Å². The molecule has 2 aromatic heterocycles. The first-order valence-corrected chi connectivity index (χ1v) is 15.8. The molecule has 17 heteroatoms. The standard InChI is InChI=1S/C26H29N11O4S2/c1-14-8-19-21(11-29-14)42-25(31-19)26(39)37-7-6-36(13-20(37)24(38)30-12-22-32-34-35-33-22)43(40,41)18-5-4-15-9-17(23(27)28)3-2-16(15)10-18/h2-5,9-10,14,20,29H,6-8,11-13H2,1H3,(H3,27,28)(H,30,38)(H,32,33,34,35). The Bertz CT molecular complexity index is 1820. The molecule has 2 aliphatic heterocycles. The average Bonchev–Trinajstić information content (AvgIpc) is 3.68. The minimum Gasteiger partial charge on any atom is -0.384 e. The van der Waals surface area contributed by atoms with Gasteiger partial charge in [-0.25, -0.2) is 13.4 Å². The molecule has 224 valence electrons. The third-order valence-electron chi connectivity index (χ3n) is 7.55. The highest BCUT2D eigenvalue weighted by Crippen LogP contribution is 2.28. The van der Waals surface area contributed by atoms with Crippen LogP contribution in [-0.4, -0.2) is 92.6 Å². The Labute approximate surface area is 250 Å². The fraction of sp³-hybridized carbons (Fsp3) is 0.346. The number of nitrogens with one attached hydrogen (secondary N) is 4. The topological polar surface area (TPSA) is 216 Å². The van der Waals surface area contributed by atoms with E-state index in [1.807, 2.05) is 6.92 Å². The minimum absolute atomic E-state index is 0.00626. The number of aromatic nitrogens is 5. The van der Waals surface area contributed by atoms with Crippen LogP contribution in [-0.2, 0) is 34.3 Å². The van der Waals surface area contributed by atoms with E-state index in [1.165, 1.54) is 26.6 Å². The molecule has 0 bridgehead atoms. The van der Waals surface area contributed by atoms with Crippen molar-refractivity contribution in [2.75, 3.05) is 19.6 Å². The number of hydrogen-bond donors (Lipinski definition) is 5. The maximum Gasteiger partial charge on any atom is 0.283 e. The Morgan fingerprint density at radius 1 is 1.19 bits per heavy atom. The summed E-state index contributed by atoms with van der Waals surface area (Å²) in [6.45, 7) is 2.34. The lowest BCUT2D eigenvalue weighted by Crippen LogP contribution is -2.61. The highest BCUT2D eigenvalue weighted by atomic mass is 32.2. The maximum atomic E-state index is 13.8. The Balaban J connectivity index is 1.27. The predicted molar refractivity (Wildman–Crippen MR) is 157 cm³/mol. The van der Waals surface area contributed by atoms with Gasteiger partial charge in [0.1, 0.15) is 11.9 Å². The summed E-state index contributed by atoms with van der Waals surface area (Å²) in [4.78, 5) is 34.2. The number of thiazole rings is 1. The zero-order valence-electron chi connectivity index (χ0n) is 23.1. The number of piperazine rings is 1. The van der Waals surface area contributed by atoms with Gasteiger partial charge in [0.25, 0.3) is 5.91 Å². The van der Waals surface area contributed by atoms with Gasteiger partial charge in [-0.1, -0.05) is 23.4 Å². The maximum absolute atomic E-state index is 13.8. The van der Waals surface area contributed by atoms with E-state index in [0.29, 0.717) is 23.9 Å². The number of benzene rings is 2. The average molecular weight is 624 g/mol. The molecule has 6 N–H and O–H groups in total. The van der Waals surface area contributed by atoms with Crippen LogP contribution < -0.4 is 16.4 Å². The molecule has 2 unspecified atom stereocenters. The molecule has 0 spiro atoms. The Kier molecular flexibility index (Phi) is 7.63. The number of H-pyrrole nitrogens is 1. The molecule has 1 saturated heterocycles. The van der Waals surface area contributed by atoms with Gasteiger partial charge in [0.15, 0.2) is 10.8 Å². The second kappa shape index (κ2) is 11.4. The number of nitrogens with two attached hydrogens (primary N) is 1. The van der Waals surface area contributed by atoms with Crippen molar-refractivity contribution in [3.63, 3.8) is 0 Å². The van der Waals surface area contributed by atoms with Gasteiger partial charge in [-0.2, -0.15) is 9.52 Å². The van der Waals surface area contributed by atoms with Crippen LogP contribution >= 0.6 is 11.3 Å². The third kappa shape index (κ3) is 5.71. The van der Waals surface area contributed by atoms with Crippen LogP contribution in [0.1, 0.15) is 38.7 Å². The molecule has 4 aromatic rings. The van der Waals surface area contributed by atoms with Gasteiger partial charge >= 0.3 is 0 Å². The number of rotatable bonds is 7. The number of hydrogen-bond acceptors (Lipinski definition) is 11. The van der Waals surface area contributed by atoms with E-state index in [-0.39, 0.29) is 53.8 Å². The lowest BCUT2D eigenvalue weighted by molar-refractivity contribution is -0.127. The summed E-state index contributed by atoms with van der Waals surface area (Å²) in [5, 5.41) is 28.8. The van der Waals surface area contributed by atoms with Crippen molar-refractivity contribution in [1.82, 2.24) is 45.4 Å². The SMILES string of the molecule is CC1Cc2nc(C(=O)N3CCN(S(=O)(=O)c4ccc5cc(C(=N)N)ccc5c4)CC3C(=O)NCc3nn[nH]n3)sc2CN1. The quantitative estimate of drug-likeness (QED) is 0.137. The van der Waals surface area contributed by atoms with E-state index < -0.39 is 27.9 Å². The number of carbonyl (C=O) groups is 2. The highest BCUT2D eigenvalue weighted by Gasteiger charge is 2.41. The van der Waals surface area contributed by atoms with Crippen LogP contribution in [0.25, 0.3) is 10.8 Å². The number of nitrogen functional groups attached to an aromatic ring is 1. The van der Waals surface area contributed by atoms with Crippen LogP contribution in [0.5, 0.6) is 0 Å². The van der Waals surface area contributed by atoms with Crippen LogP contribution in [0.4, 0.5) is 0 Å². The zero-order valence-corrected chi connectivity index (χ0v) is 24.7. The van der Waals surface area contributed by atoms with Crippen molar-refractivity contribution in [1.29, 1.82) is 5.41 Å². The smallest absolute Gasteiger partial charge is 0.283 e. The number of amides is 2. The van der Waals surface area contributed by atoms with Crippen molar-refractivity contribution in [2.24, 2.45) is 5.73 Å². The summed E-state index contributed by atoms with van der Waals surface area (Å²) in [7, 11) is -4.04.